The molecule has 2 aromatic carbocycles. The number of alkyl carbamates (subject to hydrolysis) is 1. The molecule has 6 nitrogen and oxygen atoms in total. The van der Waals surface area contributed by atoms with Gasteiger partial charge in [0.2, 0.25) is 0 Å². The maximum atomic E-state index is 12.0. The molecule has 0 unspecified atom stereocenters. The van der Waals surface area contributed by atoms with Crippen LogP contribution in [0.25, 0.3) is 0 Å². The van der Waals surface area contributed by atoms with Crippen molar-refractivity contribution in [3.8, 4) is 0 Å². The van der Waals surface area contributed by atoms with Gasteiger partial charge < -0.3 is 15.2 Å². The Balaban J connectivity index is 1.48. The summed E-state index contributed by atoms with van der Waals surface area (Å²) in [5.41, 5.74) is 1.16. The number of ether oxygens (including phenoxy) is 1. The molecule has 2 N–H and O–H groups in total. The van der Waals surface area contributed by atoms with E-state index in [2.05, 4.69) is 22.3 Å². The number of benzene rings is 2. The summed E-state index contributed by atoms with van der Waals surface area (Å²) >= 11 is 0. The smallest absolute Gasteiger partial charge is 0.407 e. The molecule has 148 valence electrons. The van der Waals surface area contributed by atoms with Crippen molar-refractivity contribution >= 4 is 12.1 Å². The maximum absolute atomic E-state index is 12.0. The lowest BCUT2D eigenvalue weighted by molar-refractivity contribution is -0.151. The molecule has 1 saturated heterocycles. The third-order valence-corrected chi connectivity index (χ3v) is 5.30. The van der Waals surface area contributed by atoms with Crippen molar-refractivity contribution < 1.29 is 19.4 Å². The highest BCUT2D eigenvalue weighted by Crippen LogP contribution is 2.32. The van der Waals surface area contributed by atoms with Crippen LogP contribution in [-0.4, -0.2) is 41.7 Å². The van der Waals surface area contributed by atoms with Crippen LogP contribution in [-0.2, 0) is 22.7 Å². The summed E-state index contributed by atoms with van der Waals surface area (Å²) in [6.07, 6.45) is 0.401. The number of nitrogens with one attached hydrogen (secondary N) is 1. The van der Waals surface area contributed by atoms with Gasteiger partial charge in [-0.3, -0.25) is 9.69 Å². The molecule has 0 atom stereocenters. The second kappa shape index (κ2) is 9.37. The molecule has 1 amide bonds. The van der Waals surface area contributed by atoms with Gasteiger partial charge in [-0.05, 0) is 37.1 Å². The van der Waals surface area contributed by atoms with E-state index in [-0.39, 0.29) is 13.2 Å². The summed E-state index contributed by atoms with van der Waals surface area (Å²) < 4.78 is 5.19. The summed E-state index contributed by atoms with van der Waals surface area (Å²) in [4.78, 5) is 26.2. The number of hydrogen-bond acceptors (Lipinski definition) is 4. The van der Waals surface area contributed by atoms with Gasteiger partial charge in [-0.2, -0.15) is 0 Å². The normalized spacial score (nSPS) is 16.3. The van der Waals surface area contributed by atoms with E-state index in [1.165, 1.54) is 5.56 Å². The molecule has 0 saturated carbocycles. The Morgan fingerprint density at radius 2 is 1.54 bits per heavy atom. The molecule has 1 aliphatic heterocycles. The predicted octanol–water partition coefficient (Wildman–Crippen LogP) is 3.28. The number of carboxylic acids is 1. The molecule has 0 bridgehead atoms. The lowest BCUT2D eigenvalue weighted by Crippen LogP contribution is -2.50. The van der Waals surface area contributed by atoms with Gasteiger partial charge in [0.15, 0.2) is 0 Å². The zero-order valence-corrected chi connectivity index (χ0v) is 15.8. The number of carbonyl (C=O) groups excluding carboxylic acids is 1. The molecule has 0 aromatic heterocycles. The minimum atomic E-state index is -0.945. The molecule has 28 heavy (non-hydrogen) atoms. The van der Waals surface area contributed by atoms with Crippen LogP contribution in [0.5, 0.6) is 0 Å². The molecule has 6 heteroatoms. The zero-order valence-electron chi connectivity index (χ0n) is 15.8. The molecular formula is C22H26N2O4. The lowest BCUT2D eigenvalue weighted by Gasteiger charge is -2.38. The highest BCUT2D eigenvalue weighted by atomic mass is 16.5. The van der Waals surface area contributed by atoms with Crippen LogP contribution < -0.4 is 5.32 Å². The monoisotopic (exact) mass is 382 g/mol. The van der Waals surface area contributed by atoms with E-state index in [1.807, 2.05) is 48.5 Å². The Hall–Kier alpha value is -2.86. The van der Waals surface area contributed by atoms with Crippen LogP contribution in [0.2, 0.25) is 0 Å². The summed E-state index contributed by atoms with van der Waals surface area (Å²) in [5.74, 6) is -0.866. The fraction of sp³-hybridized carbons (Fsp3) is 0.364. The first-order chi connectivity index (χ1) is 13.6. The molecule has 0 aliphatic carbocycles. The Morgan fingerprint density at radius 3 is 2.11 bits per heavy atom. The topological polar surface area (TPSA) is 78.9 Å². The van der Waals surface area contributed by atoms with Crippen LogP contribution in [0.15, 0.2) is 60.7 Å². The van der Waals surface area contributed by atoms with Crippen molar-refractivity contribution in [1.29, 1.82) is 0 Å². The Kier molecular flexibility index (Phi) is 6.66. The molecule has 3 rings (SSSR count). The minimum absolute atomic E-state index is 0.0785. The van der Waals surface area contributed by atoms with Gasteiger partial charge >= 0.3 is 12.1 Å². The number of rotatable bonds is 7. The molecule has 0 radical (unpaired) electrons. The highest BCUT2D eigenvalue weighted by molar-refractivity contribution is 5.76. The van der Waals surface area contributed by atoms with Crippen LogP contribution in [0.1, 0.15) is 24.0 Å². The van der Waals surface area contributed by atoms with Gasteiger partial charge in [-0.25, -0.2) is 4.79 Å². The van der Waals surface area contributed by atoms with E-state index in [1.54, 1.807) is 0 Å². The number of nitrogens with zero attached hydrogens (tertiary/aromatic N) is 1. The lowest BCUT2D eigenvalue weighted by atomic mass is 9.78. The van der Waals surface area contributed by atoms with Crippen molar-refractivity contribution in [3.63, 3.8) is 0 Å². The van der Waals surface area contributed by atoms with Crippen LogP contribution >= 0.6 is 0 Å². The van der Waals surface area contributed by atoms with E-state index < -0.39 is 17.5 Å². The van der Waals surface area contributed by atoms with Gasteiger partial charge in [0.1, 0.15) is 6.61 Å². The minimum Gasteiger partial charge on any atom is -0.481 e. The maximum Gasteiger partial charge on any atom is 0.407 e. The van der Waals surface area contributed by atoms with Gasteiger partial charge in [-0.15, -0.1) is 0 Å². The molecule has 1 heterocycles. The van der Waals surface area contributed by atoms with Gasteiger partial charge in [0.25, 0.3) is 0 Å². The molecule has 1 fully saturated rings. The fourth-order valence-electron chi connectivity index (χ4n) is 3.46. The standard InChI is InChI=1S/C22H26N2O4/c25-20(26)22(17-23-21(27)28-16-19-9-5-2-6-10-19)11-13-24(14-12-22)15-18-7-3-1-4-8-18/h1-10H,11-17H2,(H,23,27)(H,25,26). The number of carbonyl (C=O) groups is 2. The third-order valence-electron chi connectivity index (χ3n) is 5.30. The van der Waals surface area contributed by atoms with Crippen LogP contribution in [0.4, 0.5) is 4.79 Å². The van der Waals surface area contributed by atoms with E-state index in [9.17, 15) is 14.7 Å². The van der Waals surface area contributed by atoms with Crippen molar-refractivity contribution in [3.05, 3.63) is 71.8 Å². The summed E-state index contributed by atoms with van der Waals surface area (Å²) in [7, 11) is 0. The highest BCUT2D eigenvalue weighted by Gasteiger charge is 2.41. The van der Waals surface area contributed by atoms with E-state index >= 15 is 0 Å². The first kappa shape index (κ1) is 19.9. The summed E-state index contributed by atoms with van der Waals surface area (Å²) in [5, 5.41) is 12.4. The zero-order chi connectivity index (χ0) is 19.8. The molecule has 1 aliphatic rings. The first-order valence-electron chi connectivity index (χ1n) is 9.52. The quantitative estimate of drug-likeness (QED) is 0.768. The Morgan fingerprint density at radius 1 is 0.964 bits per heavy atom. The van der Waals surface area contributed by atoms with Crippen molar-refractivity contribution in [2.45, 2.75) is 26.0 Å². The largest absolute Gasteiger partial charge is 0.481 e. The Bertz CT molecular complexity index is 772. The van der Waals surface area contributed by atoms with Crippen LogP contribution in [0.3, 0.4) is 0 Å². The van der Waals surface area contributed by atoms with E-state index in [4.69, 9.17) is 4.74 Å². The van der Waals surface area contributed by atoms with Crippen molar-refractivity contribution in [2.24, 2.45) is 5.41 Å². The fourth-order valence-corrected chi connectivity index (χ4v) is 3.46. The first-order valence-corrected chi connectivity index (χ1v) is 9.52. The van der Waals surface area contributed by atoms with Gasteiger partial charge in [0.05, 0.1) is 5.41 Å². The number of piperidine rings is 1. The van der Waals surface area contributed by atoms with Crippen molar-refractivity contribution in [2.75, 3.05) is 19.6 Å². The number of carboxylic acid groups (broad SMARTS) is 1. The summed E-state index contributed by atoms with van der Waals surface area (Å²) in [6.45, 7) is 2.42. The average molecular weight is 382 g/mol. The van der Waals surface area contributed by atoms with Gasteiger partial charge in [-0.1, -0.05) is 60.7 Å². The van der Waals surface area contributed by atoms with E-state index in [0.29, 0.717) is 25.9 Å². The number of amides is 1. The number of hydrogen-bond donors (Lipinski definition) is 2. The average Bonchev–Trinajstić information content (AvgIpc) is 2.73. The second-order valence-corrected chi connectivity index (χ2v) is 7.26. The van der Waals surface area contributed by atoms with Gasteiger partial charge in [0, 0.05) is 13.1 Å². The Labute approximate surface area is 165 Å². The molecular weight excluding hydrogens is 356 g/mol. The summed E-state index contributed by atoms with van der Waals surface area (Å²) in [6, 6.07) is 19.5. The third kappa shape index (κ3) is 5.33. The SMILES string of the molecule is O=C(NCC1(C(=O)O)CCN(Cc2ccccc2)CC1)OCc1ccccc1. The second-order valence-electron chi connectivity index (χ2n) is 7.26. The number of aliphatic carboxylic acids is 1. The van der Waals surface area contributed by atoms with E-state index in [0.717, 1.165) is 12.1 Å². The van der Waals surface area contributed by atoms with Crippen molar-refractivity contribution in [1.82, 2.24) is 10.2 Å². The molecule has 0 spiro atoms. The number of likely N-dealkylation sites (tertiary alicyclic amines) is 1. The predicted molar refractivity (Wildman–Crippen MR) is 106 cm³/mol. The molecule has 2 aromatic rings. The van der Waals surface area contributed by atoms with Crippen LogP contribution in [0, 0.1) is 5.41 Å².